The fraction of sp³-hybridized carbons (Fsp3) is 0.300. The number of hydrogen-bond donors (Lipinski definition) is 2. The van der Waals surface area contributed by atoms with Crippen LogP contribution < -0.4 is 5.32 Å². The van der Waals surface area contributed by atoms with E-state index in [2.05, 4.69) is 19.2 Å². The van der Waals surface area contributed by atoms with Crippen molar-refractivity contribution in [3.63, 3.8) is 0 Å². The Hall–Kier alpha value is -4.14. The third-order valence-corrected chi connectivity index (χ3v) is 6.64. The van der Waals surface area contributed by atoms with Crippen molar-refractivity contribution in [1.29, 1.82) is 0 Å². The predicted octanol–water partition coefficient (Wildman–Crippen LogP) is 6.87. The van der Waals surface area contributed by atoms with Crippen LogP contribution in [0.25, 0.3) is 22.0 Å². The zero-order valence-corrected chi connectivity index (χ0v) is 21.9. The Kier molecular flexibility index (Phi) is 8.09. The summed E-state index contributed by atoms with van der Waals surface area (Å²) in [7, 11) is 0. The van der Waals surface area contributed by atoms with Crippen LogP contribution in [-0.2, 0) is 11.0 Å². The highest BCUT2D eigenvalue weighted by atomic mass is 19.4. The van der Waals surface area contributed by atoms with Gasteiger partial charge in [0, 0.05) is 17.5 Å². The summed E-state index contributed by atoms with van der Waals surface area (Å²) < 4.78 is 41.0. The molecule has 204 valence electrons. The first kappa shape index (κ1) is 27.9. The van der Waals surface area contributed by atoms with Crippen LogP contribution >= 0.6 is 0 Å². The molecule has 1 heterocycles. The molecule has 2 N–H and O–H groups in total. The van der Waals surface area contributed by atoms with Crippen molar-refractivity contribution >= 4 is 22.8 Å². The lowest BCUT2D eigenvalue weighted by Gasteiger charge is -2.22. The number of carbonyl (C=O) groups excluding carboxylic acids is 1. The summed E-state index contributed by atoms with van der Waals surface area (Å²) in [5.41, 5.74) is 4.10. The molecule has 4 aromatic rings. The number of aromatic nitrogens is 2. The van der Waals surface area contributed by atoms with Crippen LogP contribution in [0.5, 0.6) is 0 Å². The van der Waals surface area contributed by atoms with Gasteiger partial charge in [-0.3, -0.25) is 14.3 Å². The minimum absolute atomic E-state index is 0.0545. The number of carboxylic acid groups (broad SMARTS) is 1. The number of fused-ring (bicyclic) bond motifs is 1. The van der Waals surface area contributed by atoms with Crippen molar-refractivity contribution in [3.8, 4) is 11.1 Å². The first-order valence-electron chi connectivity index (χ1n) is 12.7. The lowest BCUT2D eigenvalue weighted by molar-refractivity contribution is -0.138. The number of nitrogens with zero attached hydrogens (tertiary/aromatic N) is 2. The van der Waals surface area contributed by atoms with Crippen LogP contribution in [-0.4, -0.2) is 33.3 Å². The van der Waals surface area contributed by atoms with Gasteiger partial charge in [0.2, 0.25) is 0 Å². The van der Waals surface area contributed by atoms with Gasteiger partial charge in [-0.25, -0.2) is 0 Å². The maximum atomic E-state index is 13.0. The number of amides is 1. The summed E-state index contributed by atoms with van der Waals surface area (Å²) in [5, 5.41) is 16.9. The van der Waals surface area contributed by atoms with Gasteiger partial charge in [-0.15, -0.1) is 0 Å². The first-order chi connectivity index (χ1) is 18.4. The summed E-state index contributed by atoms with van der Waals surface area (Å²) in [6.45, 7) is 6.23. The SMILES string of the molecule is Cc1cc2c(cnn2[C@H](CC(C)C)c2ccc(C(=O)NCCC(=O)O)cc2)cc1-c1ccc(C(F)(F)F)cc1. The number of hydrogen-bond acceptors (Lipinski definition) is 3. The smallest absolute Gasteiger partial charge is 0.416 e. The van der Waals surface area contributed by atoms with Crippen molar-refractivity contribution in [3.05, 3.63) is 89.1 Å². The van der Waals surface area contributed by atoms with E-state index in [9.17, 15) is 22.8 Å². The molecule has 0 aliphatic rings. The Morgan fingerprint density at radius 2 is 1.69 bits per heavy atom. The molecule has 0 unspecified atom stereocenters. The number of halogens is 3. The molecule has 4 rings (SSSR count). The van der Waals surface area contributed by atoms with Gasteiger partial charge in [-0.05, 0) is 77.9 Å². The van der Waals surface area contributed by atoms with E-state index in [0.29, 0.717) is 17.0 Å². The zero-order valence-electron chi connectivity index (χ0n) is 21.9. The molecule has 0 bridgehead atoms. The molecule has 6 nitrogen and oxygen atoms in total. The van der Waals surface area contributed by atoms with Crippen molar-refractivity contribution < 1.29 is 27.9 Å². The minimum atomic E-state index is -4.38. The van der Waals surface area contributed by atoms with Crippen molar-refractivity contribution in [2.75, 3.05) is 6.54 Å². The molecular weight excluding hydrogens is 507 g/mol. The summed E-state index contributed by atoms with van der Waals surface area (Å²) in [6.07, 6.45) is -1.97. The van der Waals surface area contributed by atoms with E-state index in [0.717, 1.165) is 46.1 Å². The molecule has 0 spiro atoms. The van der Waals surface area contributed by atoms with Gasteiger partial charge in [0.05, 0.1) is 29.7 Å². The third kappa shape index (κ3) is 6.47. The third-order valence-electron chi connectivity index (χ3n) is 6.64. The van der Waals surface area contributed by atoms with Crippen molar-refractivity contribution in [2.45, 2.75) is 45.8 Å². The molecule has 0 aliphatic carbocycles. The number of carbonyl (C=O) groups is 2. The van der Waals surface area contributed by atoms with E-state index in [1.54, 1.807) is 18.3 Å². The molecule has 3 aromatic carbocycles. The van der Waals surface area contributed by atoms with Crippen molar-refractivity contribution in [1.82, 2.24) is 15.1 Å². The Morgan fingerprint density at radius 1 is 1.03 bits per heavy atom. The lowest BCUT2D eigenvalue weighted by Crippen LogP contribution is -2.26. The largest absolute Gasteiger partial charge is 0.481 e. The highest BCUT2D eigenvalue weighted by Crippen LogP contribution is 2.35. The average Bonchev–Trinajstić information content (AvgIpc) is 3.28. The summed E-state index contributed by atoms with van der Waals surface area (Å²) in [4.78, 5) is 23.1. The van der Waals surface area contributed by atoms with E-state index in [1.807, 2.05) is 35.9 Å². The number of nitrogens with one attached hydrogen (secondary N) is 1. The summed E-state index contributed by atoms with van der Waals surface area (Å²) in [5.74, 6) is -0.963. The van der Waals surface area contributed by atoms with Crippen molar-refractivity contribution in [2.24, 2.45) is 5.92 Å². The topological polar surface area (TPSA) is 84.2 Å². The predicted molar refractivity (Wildman–Crippen MR) is 144 cm³/mol. The summed E-state index contributed by atoms with van der Waals surface area (Å²) in [6, 6.07) is 16.2. The Morgan fingerprint density at radius 3 is 2.28 bits per heavy atom. The lowest BCUT2D eigenvalue weighted by atomic mass is 9.95. The molecule has 0 fully saturated rings. The summed E-state index contributed by atoms with van der Waals surface area (Å²) >= 11 is 0. The average molecular weight is 538 g/mol. The van der Waals surface area contributed by atoms with Gasteiger partial charge in [-0.2, -0.15) is 18.3 Å². The van der Waals surface area contributed by atoms with Gasteiger partial charge in [0.15, 0.2) is 0 Å². The highest BCUT2D eigenvalue weighted by molar-refractivity contribution is 5.94. The molecule has 0 radical (unpaired) electrons. The van der Waals surface area contributed by atoms with Crippen LogP contribution in [0.4, 0.5) is 13.2 Å². The maximum Gasteiger partial charge on any atom is 0.416 e. The van der Waals surface area contributed by atoms with Gasteiger partial charge in [0.25, 0.3) is 5.91 Å². The number of alkyl halides is 3. The molecule has 39 heavy (non-hydrogen) atoms. The number of rotatable bonds is 9. The van der Waals surface area contributed by atoms with Crippen LogP contribution in [0.15, 0.2) is 66.9 Å². The van der Waals surface area contributed by atoms with E-state index in [-0.39, 0.29) is 24.9 Å². The molecule has 0 saturated carbocycles. The van der Waals surface area contributed by atoms with Gasteiger partial charge in [0.1, 0.15) is 0 Å². The fourth-order valence-electron chi connectivity index (χ4n) is 4.66. The molecule has 1 atom stereocenters. The normalized spacial score (nSPS) is 12.6. The molecule has 9 heteroatoms. The second kappa shape index (κ2) is 11.3. The van der Waals surface area contributed by atoms with Crippen LogP contribution in [0.3, 0.4) is 0 Å². The number of benzene rings is 3. The molecular formula is C30H30F3N3O3. The van der Waals surface area contributed by atoms with Gasteiger partial charge in [-0.1, -0.05) is 38.1 Å². The first-order valence-corrected chi connectivity index (χ1v) is 12.7. The Bertz CT molecular complexity index is 1470. The van der Waals surface area contributed by atoms with E-state index in [4.69, 9.17) is 10.2 Å². The number of aryl methyl sites for hydroxylation is 1. The highest BCUT2D eigenvalue weighted by Gasteiger charge is 2.30. The Balaban J connectivity index is 1.64. The van der Waals surface area contributed by atoms with Gasteiger partial charge < -0.3 is 10.4 Å². The zero-order chi connectivity index (χ0) is 28.3. The molecule has 1 aromatic heterocycles. The monoisotopic (exact) mass is 537 g/mol. The van der Waals surface area contributed by atoms with Crippen LogP contribution in [0.1, 0.15) is 59.8 Å². The Labute approximate surface area is 224 Å². The maximum absolute atomic E-state index is 13.0. The second-order valence-corrected chi connectivity index (χ2v) is 10.1. The van der Waals surface area contributed by atoms with Crippen LogP contribution in [0, 0.1) is 12.8 Å². The standard InChI is InChI=1S/C30H30F3N3O3/c1-18(2)14-26(21-4-6-22(7-5-21)29(39)34-13-12-28(37)38)36-27-15-19(3)25(16-23(27)17-35-36)20-8-10-24(11-9-20)30(31,32)33/h4-11,15-18,26H,12-14H2,1-3H3,(H,34,39)(H,37,38)/t26-/m1/s1. The van der Waals surface area contributed by atoms with E-state index >= 15 is 0 Å². The molecule has 0 saturated heterocycles. The molecule has 0 aliphatic heterocycles. The second-order valence-electron chi connectivity index (χ2n) is 10.1. The quantitative estimate of drug-likeness (QED) is 0.244. The molecule has 1 amide bonds. The number of carboxylic acids is 1. The number of aliphatic carboxylic acids is 1. The van der Waals surface area contributed by atoms with E-state index in [1.165, 1.54) is 12.1 Å². The minimum Gasteiger partial charge on any atom is -0.481 e. The van der Waals surface area contributed by atoms with E-state index < -0.39 is 17.7 Å². The van der Waals surface area contributed by atoms with Gasteiger partial charge >= 0.3 is 12.1 Å². The van der Waals surface area contributed by atoms with Crippen LogP contribution in [0.2, 0.25) is 0 Å². The fourth-order valence-corrected chi connectivity index (χ4v) is 4.66.